The Kier molecular flexibility index (Phi) is 5.81. The van der Waals surface area contributed by atoms with Gasteiger partial charge in [-0.3, -0.25) is 4.90 Å². The molecule has 3 aromatic carbocycles. The van der Waals surface area contributed by atoms with Gasteiger partial charge < -0.3 is 5.32 Å². The molecular weight excluding hydrogens is 397 g/mol. The fourth-order valence-corrected chi connectivity index (χ4v) is 4.33. The largest absolute Gasteiger partial charge is 0.416 e. The minimum Gasteiger partial charge on any atom is -0.315 e. The average Bonchev–Trinajstić information content (AvgIpc) is 2.98. The van der Waals surface area contributed by atoms with E-state index in [0.717, 1.165) is 55.0 Å². The summed E-state index contributed by atoms with van der Waals surface area (Å²) in [5.41, 5.74) is 0.807. The minimum atomic E-state index is -4.41. The first-order valence-electron chi connectivity index (χ1n) is 9.74. The lowest BCUT2D eigenvalue weighted by molar-refractivity contribution is -0.137. The molecule has 1 N–H and O–H groups in total. The standard InChI is InChI=1S/C23H22ClF3N2/c24-21-10-9-17(23(25,26)27)15-20(21)22(29-13-4-11-28-12-14-29)19-8-3-6-16-5-1-2-7-18(16)19/h1-3,5-10,15,22,28H,4,11-14H2. The van der Waals surface area contributed by atoms with Gasteiger partial charge in [-0.15, -0.1) is 0 Å². The lowest BCUT2D eigenvalue weighted by atomic mass is 9.91. The zero-order valence-electron chi connectivity index (χ0n) is 15.8. The second-order valence-corrected chi connectivity index (χ2v) is 7.75. The van der Waals surface area contributed by atoms with E-state index < -0.39 is 11.7 Å². The van der Waals surface area contributed by atoms with E-state index in [2.05, 4.69) is 10.2 Å². The van der Waals surface area contributed by atoms with Gasteiger partial charge in [0.25, 0.3) is 0 Å². The fraction of sp³-hybridized carbons (Fsp3) is 0.304. The first kappa shape index (κ1) is 20.2. The van der Waals surface area contributed by atoms with Crippen LogP contribution in [0.5, 0.6) is 0 Å². The Morgan fingerprint density at radius 3 is 2.52 bits per heavy atom. The van der Waals surface area contributed by atoms with Crippen LogP contribution in [0.15, 0.2) is 60.7 Å². The molecule has 1 fully saturated rings. The van der Waals surface area contributed by atoms with Crippen molar-refractivity contribution in [2.45, 2.75) is 18.6 Å². The molecule has 1 aliphatic rings. The highest BCUT2D eigenvalue weighted by Crippen LogP contribution is 2.40. The van der Waals surface area contributed by atoms with Crippen LogP contribution in [0.2, 0.25) is 5.02 Å². The molecule has 6 heteroatoms. The van der Waals surface area contributed by atoms with Gasteiger partial charge in [0, 0.05) is 24.7 Å². The molecule has 1 aliphatic heterocycles. The molecule has 1 unspecified atom stereocenters. The number of alkyl halides is 3. The van der Waals surface area contributed by atoms with Crippen LogP contribution in [0.25, 0.3) is 10.8 Å². The van der Waals surface area contributed by atoms with Crippen LogP contribution in [0.3, 0.4) is 0 Å². The van der Waals surface area contributed by atoms with E-state index in [1.165, 1.54) is 12.1 Å². The molecule has 29 heavy (non-hydrogen) atoms. The molecule has 0 radical (unpaired) electrons. The first-order chi connectivity index (χ1) is 13.9. The van der Waals surface area contributed by atoms with Crippen LogP contribution in [-0.2, 0) is 6.18 Å². The second kappa shape index (κ2) is 8.34. The van der Waals surface area contributed by atoms with E-state index in [-0.39, 0.29) is 6.04 Å². The van der Waals surface area contributed by atoms with Crippen LogP contribution in [0.4, 0.5) is 13.2 Å². The number of benzene rings is 3. The van der Waals surface area contributed by atoms with Crippen LogP contribution < -0.4 is 5.32 Å². The summed E-state index contributed by atoms with van der Waals surface area (Å²) in [6, 6.07) is 17.2. The third-order valence-corrected chi connectivity index (χ3v) is 5.82. The molecule has 1 atom stereocenters. The lowest BCUT2D eigenvalue weighted by Gasteiger charge is -2.33. The molecule has 2 nitrogen and oxygen atoms in total. The molecule has 0 saturated carbocycles. The Morgan fingerprint density at radius 1 is 0.897 bits per heavy atom. The van der Waals surface area contributed by atoms with Gasteiger partial charge >= 0.3 is 6.18 Å². The number of rotatable bonds is 3. The number of nitrogens with zero attached hydrogens (tertiary/aromatic N) is 1. The fourth-order valence-electron chi connectivity index (χ4n) is 4.10. The summed E-state index contributed by atoms with van der Waals surface area (Å²) < 4.78 is 40.4. The van der Waals surface area contributed by atoms with Crippen LogP contribution in [0.1, 0.15) is 29.2 Å². The number of nitrogens with one attached hydrogen (secondary N) is 1. The van der Waals surface area contributed by atoms with E-state index in [1.807, 2.05) is 42.5 Å². The number of hydrogen-bond donors (Lipinski definition) is 1. The highest BCUT2D eigenvalue weighted by molar-refractivity contribution is 6.31. The highest BCUT2D eigenvalue weighted by atomic mass is 35.5. The van der Waals surface area contributed by atoms with E-state index >= 15 is 0 Å². The predicted octanol–water partition coefficient (Wildman–Crippen LogP) is 5.90. The number of hydrogen-bond acceptors (Lipinski definition) is 2. The van der Waals surface area contributed by atoms with E-state index in [0.29, 0.717) is 10.6 Å². The minimum absolute atomic E-state index is 0.351. The maximum Gasteiger partial charge on any atom is 0.416 e. The smallest absolute Gasteiger partial charge is 0.315 e. The van der Waals surface area contributed by atoms with Crippen molar-refractivity contribution in [2.75, 3.05) is 26.2 Å². The van der Waals surface area contributed by atoms with Gasteiger partial charge in [-0.05, 0) is 53.1 Å². The van der Waals surface area contributed by atoms with Gasteiger partial charge in [-0.25, -0.2) is 0 Å². The Balaban J connectivity index is 1.92. The maximum absolute atomic E-state index is 13.5. The molecule has 1 heterocycles. The number of halogens is 4. The van der Waals surface area contributed by atoms with Gasteiger partial charge in [0.15, 0.2) is 0 Å². The Bertz CT molecular complexity index is 990. The molecule has 152 valence electrons. The molecule has 4 rings (SSSR count). The predicted molar refractivity (Wildman–Crippen MR) is 111 cm³/mol. The molecule has 1 saturated heterocycles. The van der Waals surface area contributed by atoms with Gasteiger partial charge in [0.1, 0.15) is 0 Å². The average molecular weight is 419 g/mol. The Morgan fingerprint density at radius 2 is 1.69 bits per heavy atom. The Hall–Kier alpha value is -2.08. The van der Waals surface area contributed by atoms with Gasteiger partial charge in [0.05, 0.1) is 11.6 Å². The summed E-state index contributed by atoms with van der Waals surface area (Å²) in [6.45, 7) is 3.21. The van der Waals surface area contributed by atoms with Crippen molar-refractivity contribution in [1.82, 2.24) is 10.2 Å². The molecule has 3 aromatic rings. The van der Waals surface area contributed by atoms with Gasteiger partial charge in [-0.1, -0.05) is 54.1 Å². The van der Waals surface area contributed by atoms with E-state index in [1.54, 1.807) is 0 Å². The summed E-state index contributed by atoms with van der Waals surface area (Å²) in [5.74, 6) is 0. The third-order valence-electron chi connectivity index (χ3n) is 5.48. The van der Waals surface area contributed by atoms with Crippen LogP contribution in [0, 0.1) is 0 Å². The molecule has 0 aromatic heterocycles. The first-order valence-corrected chi connectivity index (χ1v) is 10.1. The van der Waals surface area contributed by atoms with Crippen molar-refractivity contribution < 1.29 is 13.2 Å². The van der Waals surface area contributed by atoms with Crippen molar-refractivity contribution in [3.05, 3.63) is 82.4 Å². The quantitative estimate of drug-likeness (QED) is 0.570. The van der Waals surface area contributed by atoms with Crippen molar-refractivity contribution in [3.8, 4) is 0 Å². The zero-order valence-corrected chi connectivity index (χ0v) is 16.6. The molecular formula is C23H22ClF3N2. The van der Waals surface area contributed by atoms with Crippen molar-refractivity contribution in [1.29, 1.82) is 0 Å². The summed E-state index contributed by atoms with van der Waals surface area (Å²) in [4.78, 5) is 2.24. The molecule has 0 spiro atoms. The summed E-state index contributed by atoms with van der Waals surface area (Å²) in [7, 11) is 0. The Labute approximate surface area is 173 Å². The van der Waals surface area contributed by atoms with E-state index in [4.69, 9.17) is 11.6 Å². The lowest BCUT2D eigenvalue weighted by Crippen LogP contribution is -2.33. The summed E-state index contributed by atoms with van der Waals surface area (Å²) in [6.07, 6.45) is -3.49. The monoisotopic (exact) mass is 418 g/mol. The highest BCUT2D eigenvalue weighted by Gasteiger charge is 2.33. The third kappa shape index (κ3) is 4.27. The van der Waals surface area contributed by atoms with Crippen molar-refractivity contribution in [3.63, 3.8) is 0 Å². The van der Waals surface area contributed by atoms with Crippen LogP contribution in [-0.4, -0.2) is 31.1 Å². The molecule has 0 amide bonds. The van der Waals surface area contributed by atoms with E-state index in [9.17, 15) is 13.2 Å². The van der Waals surface area contributed by atoms with Crippen LogP contribution >= 0.6 is 11.6 Å². The SMILES string of the molecule is FC(F)(F)c1ccc(Cl)c(C(c2cccc3ccccc23)N2CCCNCC2)c1. The van der Waals surface area contributed by atoms with Crippen molar-refractivity contribution >= 4 is 22.4 Å². The second-order valence-electron chi connectivity index (χ2n) is 7.34. The van der Waals surface area contributed by atoms with Crippen molar-refractivity contribution in [2.24, 2.45) is 0 Å². The summed E-state index contributed by atoms with van der Waals surface area (Å²) >= 11 is 6.49. The molecule has 0 bridgehead atoms. The zero-order chi connectivity index (χ0) is 20.4. The topological polar surface area (TPSA) is 15.3 Å². The maximum atomic E-state index is 13.5. The van der Waals surface area contributed by atoms with Gasteiger partial charge in [0.2, 0.25) is 0 Å². The van der Waals surface area contributed by atoms with Gasteiger partial charge in [-0.2, -0.15) is 13.2 Å². The molecule has 0 aliphatic carbocycles. The number of fused-ring (bicyclic) bond motifs is 1. The normalized spacial score (nSPS) is 17.2. The summed E-state index contributed by atoms with van der Waals surface area (Å²) in [5, 5.41) is 5.82.